The Morgan fingerprint density at radius 3 is 2.76 bits per heavy atom. The fraction of sp³-hybridized carbons (Fsp3) is 0.133. The lowest BCUT2D eigenvalue weighted by atomic mass is 10.1. The third kappa shape index (κ3) is 3.64. The van der Waals surface area contributed by atoms with Crippen LogP contribution in [-0.2, 0) is 6.61 Å². The molecule has 21 heavy (non-hydrogen) atoms. The number of hydrogen-bond acceptors (Lipinski definition) is 3. The van der Waals surface area contributed by atoms with Gasteiger partial charge >= 0.3 is 0 Å². The van der Waals surface area contributed by atoms with Crippen molar-refractivity contribution < 1.29 is 14.3 Å². The monoisotopic (exact) mass is 308 g/mol. The fourth-order valence-electron chi connectivity index (χ4n) is 1.76. The molecule has 6 heteroatoms. The number of nitrogens with zero attached hydrogens (tertiary/aromatic N) is 1. The van der Waals surface area contributed by atoms with Crippen LogP contribution in [0.3, 0.4) is 0 Å². The third-order valence-electron chi connectivity index (χ3n) is 2.93. The largest absolute Gasteiger partial charge is 0.487 e. The van der Waals surface area contributed by atoms with Crippen molar-refractivity contribution in [3.8, 4) is 5.75 Å². The molecule has 2 rings (SSSR count). The second kappa shape index (κ2) is 6.45. The summed E-state index contributed by atoms with van der Waals surface area (Å²) in [4.78, 5) is 0. The zero-order valence-corrected chi connectivity index (χ0v) is 12.1. The quantitative estimate of drug-likeness (QED) is 0.393. The van der Waals surface area contributed by atoms with Crippen molar-refractivity contribution >= 4 is 17.4 Å². The number of halogens is 2. The van der Waals surface area contributed by atoms with Crippen LogP contribution < -0.4 is 10.5 Å². The minimum absolute atomic E-state index is 0.0332. The van der Waals surface area contributed by atoms with Gasteiger partial charge in [-0.05, 0) is 30.7 Å². The molecule has 110 valence electrons. The molecule has 2 aromatic carbocycles. The second-order valence-electron chi connectivity index (χ2n) is 4.51. The van der Waals surface area contributed by atoms with E-state index in [1.165, 1.54) is 12.1 Å². The Hall–Kier alpha value is -2.27. The summed E-state index contributed by atoms with van der Waals surface area (Å²) in [5, 5.41) is 11.8. The molecule has 0 aliphatic carbocycles. The van der Waals surface area contributed by atoms with Gasteiger partial charge in [0.2, 0.25) is 0 Å². The second-order valence-corrected chi connectivity index (χ2v) is 4.92. The number of rotatable bonds is 4. The molecule has 0 aromatic heterocycles. The highest BCUT2D eigenvalue weighted by Crippen LogP contribution is 2.26. The molecule has 0 radical (unpaired) electrons. The van der Waals surface area contributed by atoms with E-state index in [0.717, 1.165) is 5.56 Å². The van der Waals surface area contributed by atoms with E-state index in [1.54, 1.807) is 18.2 Å². The number of benzene rings is 2. The van der Waals surface area contributed by atoms with Crippen LogP contribution in [0.4, 0.5) is 4.39 Å². The number of hydrogen-bond donors (Lipinski definition) is 2. The van der Waals surface area contributed by atoms with Crippen molar-refractivity contribution in [3.05, 3.63) is 63.9 Å². The maximum atomic E-state index is 13.9. The summed E-state index contributed by atoms with van der Waals surface area (Å²) in [6.07, 6.45) is 0. The van der Waals surface area contributed by atoms with Crippen LogP contribution in [0.2, 0.25) is 5.02 Å². The van der Waals surface area contributed by atoms with Gasteiger partial charge in [-0.25, -0.2) is 4.39 Å². The summed E-state index contributed by atoms with van der Waals surface area (Å²) < 4.78 is 19.5. The average molecular weight is 309 g/mol. The lowest BCUT2D eigenvalue weighted by molar-refractivity contribution is 0.300. The molecule has 2 aromatic rings. The van der Waals surface area contributed by atoms with Crippen molar-refractivity contribution in [2.24, 2.45) is 10.9 Å². The highest BCUT2D eigenvalue weighted by molar-refractivity contribution is 6.32. The van der Waals surface area contributed by atoms with Crippen LogP contribution in [0.1, 0.15) is 16.7 Å². The lowest BCUT2D eigenvalue weighted by Crippen LogP contribution is -2.13. The molecule has 0 bridgehead atoms. The van der Waals surface area contributed by atoms with E-state index in [9.17, 15) is 4.39 Å². The van der Waals surface area contributed by atoms with E-state index in [1.807, 2.05) is 13.0 Å². The summed E-state index contributed by atoms with van der Waals surface area (Å²) in [7, 11) is 0. The summed E-state index contributed by atoms with van der Waals surface area (Å²) in [5.74, 6) is -0.150. The Bertz CT molecular complexity index is 689. The van der Waals surface area contributed by atoms with Crippen molar-refractivity contribution in [1.29, 1.82) is 0 Å². The molecule has 0 spiro atoms. The number of ether oxygens (including phenoxy) is 1. The molecule has 0 unspecified atom stereocenters. The SMILES string of the molecule is Cc1ccc(Cl)c(OCc2ccc(/C(N)=N/O)cc2F)c1. The molecule has 3 N–H and O–H groups in total. The standard InChI is InChI=1S/C15H14ClFN2O2/c1-9-2-5-12(16)14(6-9)21-8-11-4-3-10(7-13(11)17)15(18)19-20/h2-7,20H,8H2,1H3,(H2,18,19). The van der Waals surface area contributed by atoms with Crippen molar-refractivity contribution in [3.63, 3.8) is 0 Å². The van der Waals surface area contributed by atoms with Gasteiger partial charge in [0, 0.05) is 11.1 Å². The Kier molecular flexibility index (Phi) is 4.65. The number of amidine groups is 1. The van der Waals surface area contributed by atoms with Crippen LogP contribution in [0.15, 0.2) is 41.6 Å². The Labute approximate surface area is 126 Å². The molecule has 0 amide bonds. The van der Waals surface area contributed by atoms with Crippen molar-refractivity contribution in [2.45, 2.75) is 13.5 Å². The topological polar surface area (TPSA) is 67.8 Å². The number of aryl methyl sites for hydroxylation is 1. The van der Waals surface area contributed by atoms with Gasteiger partial charge in [-0.1, -0.05) is 35.0 Å². The van der Waals surface area contributed by atoms with E-state index in [2.05, 4.69) is 5.16 Å². The summed E-state index contributed by atoms with van der Waals surface area (Å²) in [5.41, 5.74) is 7.04. The smallest absolute Gasteiger partial charge is 0.170 e. The molecule has 0 aliphatic heterocycles. The first-order valence-corrected chi connectivity index (χ1v) is 6.54. The van der Waals surface area contributed by atoms with Gasteiger partial charge in [0.25, 0.3) is 0 Å². The first-order valence-electron chi connectivity index (χ1n) is 6.16. The van der Waals surface area contributed by atoms with Gasteiger partial charge in [-0.2, -0.15) is 0 Å². The van der Waals surface area contributed by atoms with E-state index >= 15 is 0 Å². The fourth-order valence-corrected chi connectivity index (χ4v) is 1.93. The Morgan fingerprint density at radius 2 is 2.10 bits per heavy atom. The van der Waals surface area contributed by atoms with E-state index in [4.69, 9.17) is 27.3 Å². The zero-order chi connectivity index (χ0) is 15.4. The van der Waals surface area contributed by atoms with Crippen LogP contribution in [0, 0.1) is 12.7 Å². The Morgan fingerprint density at radius 1 is 1.33 bits per heavy atom. The van der Waals surface area contributed by atoms with Crippen molar-refractivity contribution in [2.75, 3.05) is 0 Å². The van der Waals surface area contributed by atoms with Gasteiger partial charge in [-0.15, -0.1) is 0 Å². The van der Waals surface area contributed by atoms with Gasteiger partial charge < -0.3 is 15.7 Å². The third-order valence-corrected chi connectivity index (χ3v) is 3.24. The Balaban J connectivity index is 2.15. The molecule has 0 fully saturated rings. The molecule has 0 aliphatic rings. The van der Waals surface area contributed by atoms with Gasteiger partial charge in [-0.3, -0.25) is 0 Å². The molecular formula is C15H14ClFN2O2. The minimum atomic E-state index is -0.497. The zero-order valence-electron chi connectivity index (χ0n) is 11.3. The van der Waals surface area contributed by atoms with E-state index in [0.29, 0.717) is 21.9 Å². The summed E-state index contributed by atoms with van der Waals surface area (Å²) in [6, 6.07) is 9.63. The first kappa shape index (κ1) is 15.1. The molecule has 0 atom stereocenters. The summed E-state index contributed by atoms with van der Waals surface area (Å²) in [6.45, 7) is 1.95. The van der Waals surface area contributed by atoms with Crippen LogP contribution in [0.5, 0.6) is 5.75 Å². The minimum Gasteiger partial charge on any atom is -0.487 e. The maximum absolute atomic E-state index is 13.9. The van der Waals surface area contributed by atoms with Crippen LogP contribution >= 0.6 is 11.6 Å². The maximum Gasteiger partial charge on any atom is 0.170 e. The highest BCUT2D eigenvalue weighted by atomic mass is 35.5. The normalized spacial score (nSPS) is 11.5. The number of nitrogens with two attached hydrogens (primary N) is 1. The summed E-state index contributed by atoms with van der Waals surface area (Å²) >= 11 is 6.01. The predicted octanol–water partition coefficient (Wildman–Crippen LogP) is 3.46. The molecular weight excluding hydrogens is 295 g/mol. The molecule has 4 nitrogen and oxygen atoms in total. The van der Waals surface area contributed by atoms with Gasteiger partial charge in [0.05, 0.1) is 5.02 Å². The first-order chi connectivity index (χ1) is 10.0. The highest BCUT2D eigenvalue weighted by Gasteiger charge is 2.08. The van der Waals surface area contributed by atoms with Crippen LogP contribution in [0.25, 0.3) is 0 Å². The molecule has 0 saturated carbocycles. The van der Waals surface area contributed by atoms with Gasteiger partial charge in [0.1, 0.15) is 18.2 Å². The van der Waals surface area contributed by atoms with Gasteiger partial charge in [0.15, 0.2) is 5.84 Å². The molecule has 0 heterocycles. The average Bonchev–Trinajstić information content (AvgIpc) is 2.48. The van der Waals surface area contributed by atoms with Crippen LogP contribution in [-0.4, -0.2) is 11.0 Å². The predicted molar refractivity (Wildman–Crippen MR) is 79.4 cm³/mol. The lowest BCUT2D eigenvalue weighted by Gasteiger charge is -2.10. The van der Waals surface area contributed by atoms with E-state index < -0.39 is 5.82 Å². The number of oxime groups is 1. The molecule has 0 saturated heterocycles. The van der Waals surface area contributed by atoms with Crippen molar-refractivity contribution in [1.82, 2.24) is 0 Å². The van der Waals surface area contributed by atoms with E-state index in [-0.39, 0.29) is 12.4 Å².